The van der Waals surface area contributed by atoms with Crippen molar-refractivity contribution in [1.29, 1.82) is 0 Å². The molecule has 2 aliphatic rings. The average Bonchev–Trinajstić information content (AvgIpc) is 3.12. The minimum Gasteiger partial charge on any atom is -0.376 e. The van der Waals surface area contributed by atoms with Gasteiger partial charge in [0.2, 0.25) is 0 Å². The van der Waals surface area contributed by atoms with Crippen molar-refractivity contribution in [3.63, 3.8) is 0 Å². The first-order valence-corrected chi connectivity index (χ1v) is 9.24. The number of hydrogen-bond donors (Lipinski definition) is 0. The summed E-state index contributed by atoms with van der Waals surface area (Å²) in [5, 5.41) is 0. The van der Waals surface area contributed by atoms with Crippen molar-refractivity contribution in [2.45, 2.75) is 38.7 Å². The first kappa shape index (κ1) is 16.7. The largest absolute Gasteiger partial charge is 0.376 e. The number of benzene rings is 1. The van der Waals surface area contributed by atoms with E-state index >= 15 is 0 Å². The van der Waals surface area contributed by atoms with Gasteiger partial charge in [0.25, 0.3) is 5.91 Å². The zero-order chi connectivity index (χ0) is 16.4. The van der Waals surface area contributed by atoms with Crippen LogP contribution in [0.4, 0.5) is 0 Å². The number of nitrogens with zero attached hydrogens (tertiary/aromatic N) is 1. The van der Waals surface area contributed by atoms with Crippen molar-refractivity contribution >= 4 is 40.3 Å². The molecule has 0 radical (unpaired) electrons. The van der Waals surface area contributed by atoms with Crippen LogP contribution >= 0.6 is 24.0 Å². The van der Waals surface area contributed by atoms with Crippen molar-refractivity contribution in [2.24, 2.45) is 0 Å². The van der Waals surface area contributed by atoms with Crippen LogP contribution in [0.3, 0.4) is 0 Å². The van der Waals surface area contributed by atoms with Gasteiger partial charge < -0.3 is 4.74 Å². The van der Waals surface area contributed by atoms with Crippen LogP contribution in [-0.4, -0.2) is 34.4 Å². The monoisotopic (exact) mass is 347 g/mol. The Morgan fingerprint density at radius 3 is 2.74 bits per heavy atom. The molecule has 2 fully saturated rings. The molecule has 0 saturated carbocycles. The zero-order valence-corrected chi connectivity index (χ0v) is 15.1. The molecule has 0 bridgehead atoms. The predicted octanol–water partition coefficient (Wildman–Crippen LogP) is 4.19. The number of ether oxygens (including phenoxy) is 1. The molecule has 1 aromatic carbocycles. The first-order chi connectivity index (χ1) is 11.0. The third-order valence-electron chi connectivity index (χ3n) is 4.18. The molecule has 5 heteroatoms. The summed E-state index contributed by atoms with van der Waals surface area (Å²) >= 11 is 6.76. The normalized spacial score (nSPS) is 23.5. The number of rotatable bonds is 4. The minimum absolute atomic E-state index is 0.00318. The van der Waals surface area contributed by atoms with Crippen LogP contribution in [0.5, 0.6) is 0 Å². The predicted molar refractivity (Wildman–Crippen MR) is 99.4 cm³/mol. The molecule has 2 aliphatic heterocycles. The second-order valence-corrected chi connectivity index (χ2v) is 7.92. The van der Waals surface area contributed by atoms with Crippen LogP contribution in [0.15, 0.2) is 29.2 Å². The summed E-state index contributed by atoms with van der Waals surface area (Å²) in [6.45, 7) is 5.71. The second-order valence-electron chi connectivity index (χ2n) is 6.25. The topological polar surface area (TPSA) is 29.5 Å². The smallest absolute Gasteiger partial charge is 0.266 e. The zero-order valence-electron chi connectivity index (χ0n) is 13.5. The fourth-order valence-corrected chi connectivity index (χ4v) is 4.05. The SMILES string of the molecule is CC(C)c1ccc(C=C2SC(=S)N(CC3CCCO3)C2=O)cc1. The Hall–Kier alpha value is -1.17. The molecule has 122 valence electrons. The molecule has 1 atom stereocenters. The van der Waals surface area contributed by atoms with Gasteiger partial charge in [-0.2, -0.15) is 0 Å². The van der Waals surface area contributed by atoms with E-state index < -0.39 is 0 Å². The van der Waals surface area contributed by atoms with E-state index in [1.165, 1.54) is 17.3 Å². The molecular formula is C18H21NO2S2. The van der Waals surface area contributed by atoms with E-state index in [1.807, 2.05) is 6.08 Å². The highest BCUT2D eigenvalue weighted by atomic mass is 32.2. The van der Waals surface area contributed by atoms with Crippen LogP contribution in [0, 0.1) is 0 Å². The molecule has 2 saturated heterocycles. The Balaban J connectivity index is 1.72. The number of carbonyl (C=O) groups is 1. The van der Waals surface area contributed by atoms with Gasteiger partial charge in [-0.1, -0.05) is 62.1 Å². The molecule has 3 nitrogen and oxygen atoms in total. The van der Waals surface area contributed by atoms with Crippen molar-refractivity contribution < 1.29 is 9.53 Å². The van der Waals surface area contributed by atoms with Gasteiger partial charge in [-0.05, 0) is 36.0 Å². The Bertz CT molecular complexity index is 631. The van der Waals surface area contributed by atoms with Gasteiger partial charge in [0, 0.05) is 6.61 Å². The number of amides is 1. The molecule has 1 unspecified atom stereocenters. The van der Waals surface area contributed by atoms with Crippen LogP contribution in [0.25, 0.3) is 6.08 Å². The van der Waals surface area contributed by atoms with Gasteiger partial charge in [0.1, 0.15) is 4.32 Å². The second kappa shape index (κ2) is 7.16. The maximum absolute atomic E-state index is 12.6. The Labute approximate surface area is 147 Å². The Kier molecular flexibility index (Phi) is 5.19. The molecule has 0 spiro atoms. The highest BCUT2D eigenvalue weighted by molar-refractivity contribution is 8.26. The maximum Gasteiger partial charge on any atom is 0.266 e. The molecule has 1 aromatic rings. The highest BCUT2D eigenvalue weighted by Gasteiger charge is 2.34. The van der Waals surface area contributed by atoms with Crippen molar-refractivity contribution in [2.75, 3.05) is 13.2 Å². The standard InChI is InChI=1S/C18H21NO2S2/c1-12(2)14-7-5-13(6-8-14)10-16-17(20)19(18(22)23-16)11-15-4-3-9-21-15/h5-8,10,12,15H,3-4,9,11H2,1-2H3. The van der Waals surface area contributed by atoms with E-state index in [0.29, 0.717) is 21.7 Å². The summed E-state index contributed by atoms with van der Waals surface area (Å²) in [6, 6.07) is 8.34. The minimum atomic E-state index is 0.00318. The van der Waals surface area contributed by atoms with E-state index in [2.05, 4.69) is 38.1 Å². The van der Waals surface area contributed by atoms with Gasteiger partial charge in [-0.3, -0.25) is 9.69 Å². The van der Waals surface area contributed by atoms with Gasteiger partial charge in [-0.15, -0.1) is 0 Å². The molecule has 1 amide bonds. The number of hydrogen-bond acceptors (Lipinski definition) is 4. The van der Waals surface area contributed by atoms with E-state index in [4.69, 9.17) is 17.0 Å². The van der Waals surface area contributed by atoms with Crippen LogP contribution in [0.2, 0.25) is 0 Å². The van der Waals surface area contributed by atoms with Gasteiger partial charge in [0.05, 0.1) is 17.6 Å². The quantitative estimate of drug-likeness (QED) is 0.603. The van der Waals surface area contributed by atoms with Crippen LogP contribution in [-0.2, 0) is 9.53 Å². The molecule has 0 aliphatic carbocycles. The van der Waals surface area contributed by atoms with Gasteiger partial charge in [0.15, 0.2) is 0 Å². The van der Waals surface area contributed by atoms with E-state index in [0.717, 1.165) is 25.0 Å². The van der Waals surface area contributed by atoms with Gasteiger partial charge >= 0.3 is 0 Å². The highest BCUT2D eigenvalue weighted by Crippen LogP contribution is 2.33. The summed E-state index contributed by atoms with van der Waals surface area (Å²) in [6.07, 6.45) is 4.13. The lowest BCUT2D eigenvalue weighted by Gasteiger charge is -2.18. The molecular weight excluding hydrogens is 326 g/mol. The first-order valence-electron chi connectivity index (χ1n) is 8.01. The van der Waals surface area contributed by atoms with Gasteiger partial charge in [-0.25, -0.2) is 0 Å². The number of carbonyl (C=O) groups excluding carboxylic acids is 1. The number of thioether (sulfide) groups is 1. The molecule has 3 rings (SSSR count). The van der Waals surface area contributed by atoms with Crippen molar-refractivity contribution in [3.05, 3.63) is 40.3 Å². The molecule has 2 heterocycles. The maximum atomic E-state index is 12.6. The van der Waals surface area contributed by atoms with E-state index in [1.54, 1.807) is 4.90 Å². The lowest BCUT2D eigenvalue weighted by atomic mass is 10.0. The van der Waals surface area contributed by atoms with Crippen molar-refractivity contribution in [3.8, 4) is 0 Å². The van der Waals surface area contributed by atoms with Crippen LogP contribution in [0.1, 0.15) is 43.7 Å². The fourth-order valence-electron chi connectivity index (χ4n) is 2.78. The lowest BCUT2D eigenvalue weighted by Crippen LogP contribution is -2.35. The summed E-state index contributed by atoms with van der Waals surface area (Å²) < 4.78 is 6.25. The summed E-state index contributed by atoms with van der Waals surface area (Å²) in [7, 11) is 0. The summed E-state index contributed by atoms with van der Waals surface area (Å²) in [5.41, 5.74) is 2.33. The third kappa shape index (κ3) is 3.84. The molecule has 23 heavy (non-hydrogen) atoms. The summed E-state index contributed by atoms with van der Waals surface area (Å²) in [4.78, 5) is 15.0. The van der Waals surface area contributed by atoms with Crippen LogP contribution < -0.4 is 0 Å². The van der Waals surface area contributed by atoms with E-state index in [-0.39, 0.29) is 12.0 Å². The average molecular weight is 348 g/mol. The lowest BCUT2D eigenvalue weighted by molar-refractivity contribution is -0.123. The Morgan fingerprint density at radius 1 is 1.39 bits per heavy atom. The van der Waals surface area contributed by atoms with Crippen molar-refractivity contribution in [1.82, 2.24) is 4.90 Å². The number of thiocarbonyl (C=S) groups is 1. The van der Waals surface area contributed by atoms with E-state index in [9.17, 15) is 4.79 Å². The summed E-state index contributed by atoms with van der Waals surface area (Å²) in [5.74, 6) is 0.511. The fraction of sp³-hybridized carbons (Fsp3) is 0.444. The Morgan fingerprint density at radius 2 is 2.13 bits per heavy atom. The molecule has 0 aromatic heterocycles. The molecule has 0 N–H and O–H groups in total. The third-order valence-corrected chi connectivity index (χ3v) is 5.56.